The number of halogens is 2. The largest absolute Gasteiger partial charge is 0.371 e. The van der Waals surface area contributed by atoms with Gasteiger partial charge in [0, 0.05) is 50.4 Å². The minimum absolute atomic E-state index is 0. The molecule has 2 rings (SSSR count). The van der Waals surface area contributed by atoms with Crippen LogP contribution in [0, 0.1) is 5.92 Å². The lowest BCUT2D eigenvalue weighted by molar-refractivity contribution is 0.454. The quantitative estimate of drug-likeness (QED) is 0.355. The predicted octanol–water partition coefficient (Wildman–Crippen LogP) is 4.20. The summed E-state index contributed by atoms with van der Waals surface area (Å²) in [5.74, 6) is 1.69. The summed E-state index contributed by atoms with van der Waals surface area (Å²) in [6.45, 7) is 6.53. The number of benzene rings is 1. The van der Waals surface area contributed by atoms with Gasteiger partial charge in [-0.25, -0.2) is 0 Å². The fraction of sp³-hybridized carbons (Fsp3) is 0.611. The van der Waals surface area contributed by atoms with Gasteiger partial charge < -0.3 is 15.1 Å². The molecule has 1 aliphatic rings. The normalized spacial score (nSPS) is 17.6. The van der Waals surface area contributed by atoms with E-state index in [0.717, 1.165) is 36.6 Å². The summed E-state index contributed by atoms with van der Waals surface area (Å²) in [5.41, 5.74) is 1.32. The number of unbranched alkanes of at least 4 members (excludes halogenated alkanes) is 1. The lowest BCUT2D eigenvalue weighted by Crippen LogP contribution is -2.41. The summed E-state index contributed by atoms with van der Waals surface area (Å²) in [5, 5.41) is 3.54. The molecule has 1 atom stereocenters. The molecular formula is C18H30BrIN4. The van der Waals surface area contributed by atoms with Crippen LogP contribution in [-0.4, -0.2) is 51.1 Å². The van der Waals surface area contributed by atoms with Crippen molar-refractivity contribution in [2.45, 2.75) is 26.2 Å². The third-order valence-corrected chi connectivity index (χ3v) is 4.98. The first-order valence-electron chi connectivity index (χ1n) is 8.56. The van der Waals surface area contributed by atoms with E-state index in [2.05, 4.69) is 74.3 Å². The maximum Gasteiger partial charge on any atom is 0.193 e. The number of guanidine groups is 1. The second-order valence-electron chi connectivity index (χ2n) is 6.28. The number of nitrogens with one attached hydrogen (secondary N) is 1. The maximum atomic E-state index is 4.40. The Bertz CT molecular complexity index is 506. The molecule has 0 aliphatic carbocycles. The topological polar surface area (TPSA) is 30.9 Å². The lowest BCUT2D eigenvalue weighted by Gasteiger charge is -2.23. The molecule has 1 saturated heterocycles. The Morgan fingerprint density at radius 2 is 2.08 bits per heavy atom. The number of aliphatic imine (C=N–C) groups is 1. The number of nitrogens with zero attached hydrogens (tertiary/aromatic N) is 3. The van der Waals surface area contributed by atoms with Gasteiger partial charge in [0.25, 0.3) is 0 Å². The number of anilines is 1. The summed E-state index contributed by atoms with van der Waals surface area (Å²) in [4.78, 5) is 9.10. The Labute approximate surface area is 172 Å². The minimum Gasteiger partial charge on any atom is -0.371 e. The summed E-state index contributed by atoms with van der Waals surface area (Å²) < 4.78 is 1.14. The lowest BCUT2D eigenvalue weighted by atomic mass is 10.1. The van der Waals surface area contributed by atoms with Crippen molar-refractivity contribution in [2.75, 3.05) is 45.2 Å². The van der Waals surface area contributed by atoms with Crippen LogP contribution in [0.4, 0.5) is 5.69 Å². The second kappa shape index (κ2) is 11.2. The maximum absolute atomic E-state index is 4.40. The highest BCUT2D eigenvalue weighted by molar-refractivity contribution is 14.0. The van der Waals surface area contributed by atoms with Gasteiger partial charge in [0.05, 0.1) is 0 Å². The zero-order valence-corrected chi connectivity index (χ0v) is 18.9. The molecule has 0 radical (unpaired) electrons. The Morgan fingerprint density at radius 1 is 1.38 bits per heavy atom. The average Bonchev–Trinajstić information content (AvgIpc) is 3.03. The molecule has 0 aromatic heterocycles. The van der Waals surface area contributed by atoms with Gasteiger partial charge in [-0.2, -0.15) is 0 Å². The molecule has 6 heteroatoms. The molecule has 1 N–H and O–H groups in total. The Balaban J connectivity index is 0.00000288. The van der Waals surface area contributed by atoms with Crippen LogP contribution in [0.5, 0.6) is 0 Å². The third-order valence-electron chi connectivity index (χ3n) is 4.45. The summed E-state index contributed by atoms with van der Waals surface area (Å²) >= 11 is 3.50. The summed E-state index contributed by atoms with van der Waals surface area (Å²) in [6, 6.07) is 8.62. The van der Waals surface area contributed by atoms with Crippen molar-refractivity contribution in [3.05, 3.63) is 28.7 Å². The van der Waals surface area contributed by atoms with E-state index in [1.54, 1.807) is 0 Å². The molecule has 4 nitrogen and oxygen atoms in total. The smallest absolute Gasteiger partial charge is 0.193 e. The first-order valence-corrected chi connectivity index (χ1v) is 9.35. The van der Waals surface area contributed by atoms with Gasteiger partial charge in [-0.1, -0.05) is 29.3 Å². The van der Waals surface area contributed by atoms with Gasteiger partial charge >= 0.3 is 0 Å². The van der Waals surface area contributed by atoms with Crippen molar-refractivity contribution in [1.82, 2.24) is 10.2 Å². The van der Waals surface area contributed by atoms with Gasteiger partial charge in [0.15, 0.2) is 5.96 Å². The number of hydrogen-bond acceptors (Lipinski definition) is 2. The predicted molar refractivity (Wildman–Crippen MR) is 119 cm³/mol. The van der Waals surface area contributed by atoms with Gasteiger partial charge in [-0.05, 0) is 43.0 Å². The van der Waals surface area contributed by atoms with Gasteiger partial charge in [0.1, 0.15) is 0 Å². The van der Waals surface area contributed by atoms with Crippen LogP contribution in [-0.2, 0) is 0 Å². The highest BCUT2D eigenvalue weighted by Crippen LogP contribution is 2.24. The van der Waals surface area contributed by atoms with Gasteiger partial charge in [0.2, 0.25) is 0 Å². The van der Waals surface area contributed by atoms with E-state index in [1.807, 2.05) is 7.05 Å². The van der Waals surface area contributed by atoms with Crippen LogP contribution in [0.1, 0.15) is 26.2 Å². The van der Waals surface area contributed by atoms with Crippen LogP contribution >= 0.6 is 39.9 Å². The van der Waals surface area contributed by atoms with Crippen LogP contribution in [0.3, 0.4) is 0 Å². The van der Waals surface area contributed by atoms with Crippen molar-refractivity contribution in [3.63, 3.8) is 0 Å². The molecule has 1 aromatic carbocycles. The highest BCUT2D eigenvalue weighted by Gasteiger charge is 2.23. The SMILES string of the molecule is CCCCN(C)C(=NC)NCC1CCN(c2ccc(Br)cc2)C1.I. The number of rotatable bonds is 6. The van der Waals surface area contributed by atoms with E-state index in [1.165, 1.54) is 24.9 Å². The minimum atomic E-state index is 0. The molecule has 0 saturated carbocycles. The molecule has 0 spiro atoms. The Morgan fingerprint density at radius 3 is 2.71 bits per heavy atom. The zero-order valence-electron chi connectivity index (χ0n) is 15.0. The van der Waals surface area contributed by atoms with Crippen molar-refractivity contribution in [3.8, 4) is 0 Å². The van der Waals surface area contributed by atoms with Crippen LogP contribution in [0.15, 0.2) is 33.7 Å². The Kier molecular flexibility index (Phi) is 10.0. The monoisotopic (exact) mass is 508 g/mol. The molecule has 1 aromatic rings. The van der Waals surface area contributed by atoms with E-state index < -0.39 is 0 Å². The van der Waals surface area contributed by atoms with E-state index in [9.17, 15) is 0 Å². The van der Waals surface area contributed by atoms with E-state index in [4.69, 9.17) is 0 Å². The van der Waals surface area contributed by atoms with E-state index in [-0.39, 0.29) is 24.0 Å². The van der Waals surface area contributed by atoms with Crippen molar-refractivity contribution < 1.29 is 0 Å². The van der Waals surface area contributed by atoms with Crippen molar-refractivity contribution >= 4 is 51.6 Å². The molecule has 1 fully saturated rings. The Hall–Kier alpha value is -0.500. The summed E-state index contributed by atoms with van der Waals surface area (Å²) in [7, 11) is 3.99. The van der Waals surface area contributed by atoms with Crippen LogP contribution < -0.4 is 10.2 Å². The molecule has 1 unspecified atom stereocenters. The average molecular weight is 509 g/mol. The molecule has 24 heavy (non-hydrogen) atoms. The van der Waals surface area contributed by atoms with Crippen LogP contribution in [0.25, 0.3) is 0 Å². The van der Waals surface area contributed by atoms with E-state index in [0.29, 0.717) is 5.92 Å². The molecule has 0 amide bonds. The molecular weight excluding hydrogens is 479 g/mol. The first kappa shape index (κ1) is 21.5. The first-order chi connectivity index (χ1) is 11.1. The molecule has 136 valence electrons. The van der Waals surface area contributed by atoms with Crippen LogP contribution in [0.2, 0.25) is 0 Å². The van der Waals surface area contributed by atoms with Crippen molar-refractivity contribution in [2.24, 2.45) is 10.9 Å². The van der Waals surface area contributed by atoms with E-state index >= 15 is 0 Å². The van der Waals surface area contributed by atoms with Gasteiger partial charge in [-0.15, -0.1) is 24.0 Å². The van der Waals surface area contributed by atoms with Gasteiger partial charge in [-0.3, -0.25) is 4.99 Å². The zero-order chi connectivity index (χ0) is 16.7. The second-order valence-corrected chi connectivity index (χ2v) is 7.20. The molecule has 0 bridgehead atoms. The number of hydrogen-bond donors (Lipinski definition) is 1. The molecule has 1 aliphatic heterocycles. The highest BCUT2D eigenvalue weighted by atomic mass is 127. The van der Waals surface area contributed by atoms with Crippen molar-refractivity contribution in [1.29, 1.82) is 0 Å². The third kappa shape index (κ3) is 6.43. The fourth-order valence-electron chi connectivity index (χ4n) is 3.01. The standard InChI is InChI=1S/C18H29BrN4.HI/c1-4-5-11-22(3)18(20-2)21-13-15-10-12-23(14-15)17-8-6-16(19)7-9-17;/h6-9,15H,4-5,10-14H2,1-3H3,(H,20,21);1H. The fourth-order valence-corrected chi connectivity index (χ4v) is 3.27. The summed E-state index contributed by atoms with van der Waals surface area (Å²) in [6.07, 6.45) is 3.66. The molecule has 1 heterocycles.